The van der Waals surface area contributed by atoms with Gasteiger partial charge in [-0.1, -0.05) is 48.0 Å². The van der Waals surface area contributed by atoms with Crippen LogP contribution in [-0.2, 0) is 0 Å². The topological polar surface area (TPSA) is 93.1 Å². The highest BCUT2D eigenvalue weighted by Gasteiger charge is 2.23. The number of hydrogen-bond donors (Lipinski definition) is 2. The molecule has 2 atom stereocenters. The zero-order chi connectivity index (χ0) is 22.3. The van der Waals surface area contributed by atoms with Crippen LogP contribution in [0.3, 0.4) is 0 Å². The molecule has 0 aliphatic rings. The van der Waals surface area contributed by atoms with E-state index in [4.69, 9.17) is 32.7 Å². The molecular formula is C22H20Cl2O6. The number of rotatable bonds is 10. The largest absolute Gasteiger partial charge is 0.507 e. The first-order valence-electron chi connectivity index (χ1n) is 8.87. The lowest BCUT2D eigenvalue weighted by atomic mass is 10.1. The van der Waals surface area contributed by atoms with Crippen molar-refractivity contribution >= 4 is 35.8 Å². The number of allylic oxidation sites excluding steroid dienone is 2. The van der Waals surface area contributed by atoms with E-state index in [0.29, 0.717) is 19.0 Å². The van der Waals surface area contributed by atoms with Gasteiger partial charge in [0.25, 0.3) is 0 Å². The van der Waals surface area contributed by atoms with Crippen LogP contribution in [0.4, 0.5) is 0 Å². The minimum Gasteiger partial charge on any atom is -0.507 e. The van der Waals surface area contributed by atoms with E-state index < -0.39 is 12.2 Å². The molecule has 0 fully saturated rings. The third-order valence-electron chi connectivity index (χ3n) is 4.17. The number of aromatic hydroxyl groups is 2. The molecule has 2 aromatic carbocycles. The van der Waals surface area contributed by atoms with Gasteiger partial charge in [-0.25, -0.2) is 0 Å². The van der Waals surface area contributed by atoms with Gasteiger partial charge in [-0.15, -0.1) is 0 Å². The minimum absolute atomic E-state index is 0.0391. The average molecular weight is 451 g/mol. The molecule has 1 unspecified atom stereocenters. The highest BCUT2D eigenvalue weighted by Crippen LogP contribution is 2.35. The standard InChI is InChI=1S/C22H20Cl2O6/c1-3-4-5-6-20(30-22-10-19(28)15(12-26)8-17(22)24)13(2)29-21-9-18(27)14(11-25)7-16(21)23/h3-5,7-13,20,27-28H,1,6H2,2H3/b5-4-/t13?,20-/m1/s1. The molecule has 0 aliphatic carbocycles. The lowest BCUT2D eigenvalue weighted by Crippen LogP contribution is -2.34. The van der Waals surface area contributed by atoms with E-state index in [9.17, 15) is 19.8 Å². The third kappa shape index (κ3) is 5.78. The fourth-order valence-corrected chi connectivity index (χ4v) is 3.00. The Labute approximate surface area is 184 Å². The van der Waals surface area contributed by atoms with Gasteiger partial charge >= 0.3 is 0 Å². The van der Waals surface area contributed by atoms with E-state index in [2.05, 4.69) is 6.58 Å². The molecule has 0 bridgehead atoms. The van der Waals surface area contributed by atoms with E-state index in [0.717, 1.165) is 0 Å². The summed E-state index contributed by atoms with van der Waals surface area (Å²) >= 11 is 12.3. The molecule has 6 nitrogen and oxygen atoms in total. The Morgan fingerprint density at radius 2 is 1.47 bits per heavy atom. The lowest BCUT2D eigenvalue weighted by molar-refractivity contribution is 0.0673. The summed E-state index contributed by atoms with van der Waals surface area (Å²) in [5.74, 6) is -0.204. The van der Waals surface area contributed by atoms with E-state index in [1.807, 2.05) is 0 Å². The zero-order valence-electron chi connectivity index (χ0n) is 16.0. The van der Waals surface area contributed by atoms with Crippen LogP contribution in [0.5, 0.6) is 23.0 Å². The van der Waals surface area contributed by atoms with E-state index in [1.165, 1.54) is 24.3 Å². The summed E-state index contributed by atoms with van der Waals surface area (Å²) in [5, 5.41) is 20.1. The molecule has 0 amide bonds. The van der Waals surface area contributed by atoms with Crippen LogP contribution in [0.2, 0.25) is 10.0 Å². The normalized spacial score (nSPS) is 12.9. The van der Waals surface area contributed by atoms with Crippen LogP contribution < -0.4 is 9.47 Å². The molecule has 2 rings (SSSR count). The Balaban J connectivity index is 2.30. The Morgan fingerprint density at radius 1 is 0.967 bits per heavy atom. The van der Waals surface area contributed by atoms with Gasteiger partial charge in [-0.2, -0.15) is 0 Å². The van der Waals surface area contributed by atoms with Crippen LogP contribution in [0, 0.1) is 0 Å². The number of aldehydes is 2. The first-order valence-corrected chi connectivity index (χ1v) is 9.62. The van der Waals surface area contributed by atoms with Crippen LogP contribution in [0.15, 0.2) is 49.1 Å². The maximum atomic E-state index is 11.0. The minimum atomic E-state index is -0.595. The number of halogens is 2. The summed E-state index contributed by atoms with van der Waals surface area (Å²) in [7, 11) is 0. The smallest absolute Gasteiger partial charge is 0.153 e. The number of phenolic OH excluding ortho intramolecular Hbond substituents is 2. The number of carbonyl (C=O) groups is 2. The summed E-state index contributed by atoms with van der Waals surface area (Å²) in [4.78, 5) is 21.9. The van der Waals surface area contributed by atoms with Gasteiger partial charge in [0.05, 0.1) is 21.2 Å². The molecule has 158 valence electrons. The van der Waals surface area contributed by atoms with Gasteiger partial charge in [0.1, 0.15) is 35.2 Å². The van der Waals surface area contributed by atoms with Crippen LogP contribution in [-0.4, -0.2) is 35.0 Å². The van der Waals surface area contributed by atoms with Crippen molar-refractivity contribution in [3.8, 4) is 23.0 Å². The number of carbonyl (C=O) groups excluding carboxylic acids is 2. The monoisotopic (exact) mass is 450 g/mol. The van der Waals surface area contributed by atoms with Crippen LogP contribution in [0.25, 0.3) is 0 Å². The number of benzene rings is 2. The highest BCUT2D eigenvalue weighted by atomic mass is 35.5. The van der Waals surface area contributed by atoms with Crippen molar-refractivity contribution in [3.63, 3.8) is 0 Å². The molecule has 0 saturated heterocycles. The van der Waals surface area contributed by atoms with Gasteiger partial charge in [-0.3, -0.25) is 9.59 Å². The Hall–Kier alpha value is -2.96. The fourth-order valence-electron chi connectivity index (χ4n) is 2.57. The van der Waals surface area contributed by atoms with Crippen molar-refractivity contribution in [2.24, 2.45) is 0 Å². The second-order valence-corrected chi connectivity index (χ2v) is 7.11. The van der Waals surface area contributed by atoms with Crippen molar-refractivity contribution in [2.45, 2.75) is 25.6 Å². The van der Waals surface area contributed by atoms with E-state index in [-0.39, 0.29) is 44.2 Å². The van der Waals surface area contributed by atoms with E-state index >= 15 is 0 Å². The SMILES string of the molecule is C=C/C=C\C[C@@H](Oc1cc(O)c(C=O)cc1Cl)C(C)Oc1cc(O)c(C=O)cc1Cl. The third-order valence-corrected chi connectivity index (χ3v) is 4.76. The summed E-state index contributed by atoms with van der Waals surface area (Å²) in [5.41, 5.74) is 0.0801. The molecule has 30 heavy (non-hydrogen) atoms. The quantitative estimate of drug-likeness (QED) is 0.372. The fraction of sp³-hybridized carbons (Fsp3) is 0.182. The van der Waals surface area contributed by atoms with Crippen molar-refractivity contribution in [3.05, 3.63) is 70.2 Å². The molecule has 0 spiro atoms. The van der Waals surface area contributed by atoms with Gasteiger partial charge in [0, 0.05) is 18.6 Å². The summed E-state index contributed by atoms with van der Waals surface area (Å²) in [6.07, 6.45) is 5.31. The van der Waals surface area contributed by atoms with Crippen molar-refractivity contribution in [1.29, 1.82) is 0 Å². The molecule has 0 saturated carbocycles. The Morgan fingerprint density at radius 3 is 1.93 bits per heavy atom. The Kier molecular flexibility index (Phi) is 8.33. The van der Waals surface area contributed by atoms with Crippen molar-refractivity contribution in [1.82, 2.24) is 0 Å². The maximum absolute atomic E-state index is 11.0. The van der Waals surface area contributed by atoms with Gasteiger partial charge in [0.2, 0.25) is 0 Å². The zero-order valence-corrected chi connectivity index (χ0v) is 17.6. The molecule has 8 heteroatoms. The molecule has 0 aliphatic heterocycles. The Bertz CT molecular complexity index is 971. The first kappa shape index (κ1) is 23.3. The van der Waals surface area contributed by atoms with Gasteiger partial charge in [-0.05, 0) is 19.1 Å². The predicted octanol–water partition coefficient (Wildman–Crippen LogP) is 5.38. The van der Waals surface area contributed by atoms with Crippen molar-refractivity contribution < 1.29 is 29.3 Å². The predicted molar refractivity (Wildman–Crippen MR) is 115 cm³/mol. The van der Waals surface area contributed by atoms with Gasteiger partial charge in [0.15, 0.2) is 12.6 Å². The summed E-state index contributed by atoms with van der Waals surface area (Å²) in [6, 6.07) is 5.10. The van der Waals surface area contributed by atoms with Crippen LogP contribution in [0.1, 0.15) is 34.1 Å². The highest BCUT2D eigenvalue weighted by molar-refractivity contribution is 6.32. The number of phenols is 2. The van der Waals surface area contributed by atoms with Crippen LogP contribution >= 0.6 is 23.2 Å². The second-order valence-electron chi connectivity index (χ2n) is 6.30. The molecule has 0 aromatic heterocycles. The van der Waals surface area contributed by atoms with Gasteiger partial charge < -0.3 is 19.7 Å². The molecule has 0 radical (unpaired) electrons. The average Bonchev–Trinajstić information content (AvgIpc) is 2.71. The summed E-state index contributed by atoms with van der Waals surface area (Å²) in [6.45, 7) is 5.34. The second kappa shape index (κ2) is 10.7. The molecular weight excluding hydrogens is 431 g/mol. The van der Waals surface area contributed by atoms with E-state index in [1.54, 1.807) is 25.2 Å². The maximum Gasteiger partial charge on any atom is 0.153 e. The number of hydrogen-bond acceptors (Lipinski definition) is 6. The molecule has 0 heterocycles. The first-order chi connectivity index (χ1) is 14.3. The molecule has 2 aromatic rings. The summed E-state index contributed by atoms with van der Waals surface area (Å²) < 4.78 is 11.8. The van der Waals surface area contributed by atoms with Crippen molar-refractivity contribution in [2.75, 3.05) is 0 Å². The molecule has 2 N–H and O–H groups in total. The lowest BCUT2D eigenvalue weighted by Gasteiger charge is -2.26. The number of ether oxygens (including phenoxy) is 2.